The van der Waals surface area contributed by atoms with Gasteiger partial charge in [0, 0.05) is 21.8 Å². The van der Waals surface area contributed by atoms with Gasteiger partial charge in [-0.15, -0.1) is 0 Å². The van der Waals surface area contributed by atoms with Gasteiger partial charge in [0.1, 0.15) is 4.64 Å². The van der Waals surface area contributed by atoms with E-state index in [0.29, 0.717) is 0 Å². The van der Waals surface area contributed by atoms with E-state index in [1.165, 1.54) is 16.0 Å². The third-order valence-corrected chi connectivity index (χ3v) is 6.52. The maximum atomic E-state index is 6.18. The highest BCUT2D eigenvalue weighted by Gasteiger charge is 2.34. The van der Waals surface area contributed by atoms with Crippen LogP contribution in [0.4, 0.5) is 5.69 Å². The average Bonchev–Trinajstić information content (AvgIpc) is 2.87. The summed E-state index contributed by atoms with van der Waals surface area (Å²) < 4.78 is 2.95. The van der Waals surface area contributed by atoms with Crippen LogP contribution in [0.25, 0.3) is 16.8 Å². The van der Waals surface area contributed by atoms with Crippen LogP contribution >= 0.6 is 35.4 Å². The molecule has 1 aliphatic rings. The summed E-state index contributed by atoms with van der Waals surface area (Å²) >= 11 is 13.7. The second kappa shape index (κ2) is 5.45. The highest BCUT2D eigenvalue weighted by molar-refractivity contribution is 7.71. The van der Waals surface area contributed by atoms with Gasteiger partial charge in [0.2, 0.25) is 0 Å². The average molecular weight is 373 g/mol. The van der Waals surface area contributed by atoms with Crippen molar-refractivity contribution in [3.05, 3.63) is 62.6 Å². The lowest BCUT2D eigenvalue weighted by Gasteiger charge is -2.33. The molecule has 0 saturated heterocycles. The van der Waals surface area contributed by atoms with Crippen LogP contribution in [0.5, 0.6) is 0 Å². The van der Waals surface area contributed by atoms with Crippen LogP contribution in [0.2, 0.25) is 5.02 Å². The SMILES string of the molecule is Cc1ccc2c(c1)-c1c(sn(-c3cccc(Cl)c3)c1=S)C(C)(C)N2. The van der Waals surface area contributed by atoms with Crippen LogP contribution in [0.1, 0.15) is 24.3 Å². The van der Waals surface area contributed by atoms with E-state index in [-0.39, 0.29) is 5.54 Å². The highest BCUT2D eigenvalue weighted by atomic mass is 35.5. The fourth-order valence-corrected chi connectivity index (χ4v) is 5.01. The predicted molar refractivity (Wildman–Crippen MR) is 106 cm³/mol. The van der Waals surface area contributed by atoms with Crippen LogP contribution in [-0.2, 0) is 5.54 Å². The molecule has 3 aromatic rings. The van der Waals surface area contributed by atoms with Crippen LogP contribution in [0, 0.1) is 11.6 Å². The molecule has 24 heavy (non-hydrogen) atoms. The number of nitrogens with one attached hydrogen (secondary N) is 1. The molecular weight excluding hydrogens is 356 g/mol. The fourth-order valence-electron chi connectivity index (χ4n) is 3.18. The Labute approximate surface area is 155 Å². The van der Waals surface area contributed by atoms with E-state index >= 15 is 0 Å². The molecule has 0 bridgehead atoms. The first-order chi connectivity index (χ1) is 11.4. The van der Waals surface area contributed by atoms with E-state index in [1.807, 2.05) is 24.3 Å². The Balaban J connectivity index is 2.03. The van der Waals surface area contributed by atoms with Crippen molar-refractivity contribution in [2.24, 2.45) is 0 Å². The molecular formula is C19H17ClN2S2. The van der Waals surface area contributed by atoms with E-state index in [0.717, 1.165) is 26.6 Å². The Kier molecular flexibility index (Phi) is 3.60. The predicted octanol–water partition coefficient (Wildman–Crippen LogP) is 6.56. The monoisotopic (exact) mass is 372 g/mol. The molecule has 1 N–H and O–H groups in total. The molecule has 0 amide bonds. The zero-order valence-electron chi connectivity index (χ0n) is 13.7. The van der Waals surface area contributed by atoms with Crippen molar-refractivity contribution in [1.82, 2.24) is 3.96 Å². The first kappa shape index (κ1) is 15.9. The smallest absolute Gasteiger partial charge is 0.129 e. The van der Waals surface area contributed by atoms with Crippen molar-refractivity contribution >= 4 is 41.0 Å². The van der Waals surface area contributed by atoms with E-state index < -0.39 is 0 Å². The first-order valence-electron chi connectivity index (χ1n) is 7.79. The molecule has 5 heteroatoms. The molecule has 0 aliphatic carbocycles. The van der Waals surface area contributed by atoms with Crippen LogP contribution in [0.15, 0.2) is 42.5 Å². The van der Waals surface area contributed by atoms with Gasteiger partial charge in [-0.05, 0) is 51.1 Å². The fraction of sp³-hybridized carbons (Fsp3) is 0.211. The van der Waals surface area contributed by atoms with E-state index in [1.54, 1.807) is 11.5 Å². The van der Waals surface area contributed by atoms with Crippen molar-refractivity contribution < 1.29 is 0 Å². The Morgan fingerprint density at radius 2 is 1.96 bits per heavy atom. The van der Waals surface area contributed by atoms with Crippen LogP contribution in [-0.4, -0.2) is 3.96 Å². The number of aromatic nitrogens is 1. The maximum absolute atomic E-state index is 6.18. The minimum atomic E-state index is -0.167. The van der Waals surface area contributed by atoms with E-state index in [4.69, 9.17) is 23.8 Å². The molecule has 0 atom stereocenters. The summed E-state index contributed by atoms with van der Waals surface area (Å²) in [7, 11) is 0. The van der Waals surface area contributed by atoms with Crippen LogP contribution in [0.3, 0.4) is 0 Å². The number of hydrogen-bond acceptors (Lipinski definition) is 3. The van der Waals surface area contributed by atoms with Crippen molar-refractivity contribution in [3.63, 3.8) is 0 Å². The van der Waals surface area contributed by atoms with Gasteiger partial charge in [-0.2, -0.15) is 0 Å². The Bertz CT molecular complexity index is 1010. The van der Waals surface area contributed by atoms with E-state index in [9.17, 15) is 0 Å². The standard InChI is InChI=1S/C19H17ClN2S2/c1-11-7-8-15-14(9-11)16-17(19(2,3)21-15)24-22(18(16)23)13-6-4-5-12(20)10-13/h4-10,21H,1-3H3. The lowest BCUT2D eigenvalue weighted by Crippen LogP contribution is -2.30. The third kappa shape index (κ3) is 2.41. The minimum absolute atomic E-state index is 0.167. The molecule has 4 rings (SSSR count). The lowest BCUT2D eigenvalue weighted by atomic mass is 9.89. The van der Waals surface area contributed by atoms with E-state index in [2.05, 4.69) is 48.2 Å². The Morgan fingerprint density at radius 1 is 1.17 bits per heavy atom. The summed E-state index contributed by atoms with van der Waals surface area (Å²) in [6, 6.07) is 14.3. The van der Waals surface area contributed by atoms with Crippen LogP contribution < -0.4 is 5.32 Å². The van der Waals surface area contributed by atoms with Gasteiger partial charge in [-0.3, -0.25) is 3.96 Å². The number of benzene rings is 2. The molecule has 1 aliphatic heterocycles. The number of halogens is 1. The normalized spacial score (nSPS) is 14.7. The minimum Gasteiger partial charge on any atom is -0.375 e. The molecule has 0 unspecified atom stereocenters. The van der Waals surface area contributed by atoms with Gasteiger partial charge in [0.15, 0.2) is 0 Å². The molecule has 122 valence electrons. The summed E-state index contributed by atoms with van der Waals surface area (Å²) in [5, 5.41) is 4.36. The molecule has 0 saturated carbocycles. The molecule has 1 aromatic heterocycles. The maximum Gasteiger partial charge on any atom is 0.129 e. The number of rotatable bonds is 1. The topological polar surface area (TPSA) is 17.0 Å². The van der Waals surface area contributed by atoms with Crippen molar-refractivity contribution in [3.8, 4) is 16.8 Å². The molecule has 0 spiro atoms. The molecule has 2 nitrogen and oxygen atoms in total. The van der Waals surface area contributed by atoms with Crippen molar-refractivity contribution in [2.45, 2.75) is 26.3 Å². The second-order valence-corrected chi connectivity index (χ2v) is 8.45. The lowest BCUT2D eigenvalue weighted by molar-refractivity contribution is 0.620. The third-order valence-electron chi connectivity index (χ3n) is 4.31. The summed E-state index contributed by atoms with van der Waals surface area (Å²) in [5.41, 5.74) is 5.57. The zero-order valence-corrected chi connectivity index (χ0v) is 16.1. The number of anilines is 1. The summed E-state index contributed by atoms with van der Waals surface area (Å²) in [6.07, 6.45) is 0. The number of fused-ring (bicyclic) bond motifs is 3. The molecule has 0 radical (unpaired) electrons. The summed E-state index contributed by atoms with van der Waals surface area (Å²) in [4.78, 5) is 1.26. The molecule has 2 aromatic carbocycles. The van der Waals surface area contributed by atoms with Gasteiger partial charge >= 0.3 is 0 Å². The number of aryl methyl sites for hydroxylation is 1. The number of hydrogen-bond donors (Lipinski definition) is 1. The van der Waals surface area contributed by atoms with Crippen molar-refractivity contribution in [1.29, 1.82) is 0 Å². The van der Waals surface area contributed by atoms with Gasteiger partial charge in [0.25, 0.3) is 0 Å². The van der Waals surface area contributed by atoms with Gasteiger partial charge in [-0.25, -0.2) is 0 Å². The van der Waals surface area contributed by atoms with Crippen molar-refractivity contribution in [2.75, 3.05) is 5.32 Å². The first-order valence-corrected chi connectivity index (χ1v) is 9.35. The summed E-state index contributed by atoms with van der Waals surface area (Å²) in [6.45, 7) is 6.50. The van der Waals surface area contributed by atoms with Gasteiger partial charge < -0.3 is 5.32 Å². The summed E-state index contributed by atoms with van der Waals surface area (Å²) in [5.74, 6) is 0. The quantitative estimate of drug-likeness (QED) is 0.487. The highest BCUT2D eigenvalue weighted by Crippen LogP contribution is 2.47. The van der Waals surface area contributed by atoms with Gasteiger partial charge in [0.05, 0.1) is 16.1 Å². The molecule has 2 heterocycles. The zero-order chi connectivity index (χ0) is 17.1. The molecule has 0 fully saturated rings. The Morgan fingerprint density at radius 3 is 2.71 bits per heavy atom. The largest absolute Gasteiger partial charge is 0.375 e. The number of nitrogens with zero attached hydrogens (tertiary/aromatic N) is 1. The van der Waals surface area contributed by atoms with Gasteiger partial charge in [-0.1, -0.05) is 53.0 Å². The second-order valence-electron chi connectivity index (χ2n) is 6.67. The Hall–Kier alpha value is -1.62.